The fourth-order valence-electron chi connectivity index (χ4n) is 1.83. The van der Waals surface area contributed by atoms with Gasteiger partial charge in [-0.2, -0.15) is 5.10 Å². The van der Waals surface area contributed by atoms with Gasteiger partial charge in [-0.3, -0.25) is 20.0 Å². The van der Waals surface area contributed by atoms with E-state index in [1.807, 2.05) is 0 Å². The van der Waals surface area contributed by atoms with Crippen molar-refractivity contribution in [3.05, 3.63) is 22.0 Å². The van der Waals surface area contributed by atoms with E-state index in [-0.39, 0.29) is 17.3 Å². The van der Waals surface area contributed by atoms with Gasteiger partial charge in [-0.25, -0.2) is 0 Å². The molecule has 0 atom stereocenters. The molecule has 2 rings (SSSR count). The normalized spacial score (nSPS) is 16.1. The minimum absolute atomic E-state index is 0.0214. The number of aromatic amines is 1. The van der Waals surface area contributed by atoms with Crippen molar-refractivity contribution in [2.75, 3.05) is 13.1 Å². The zero-order valence-electron chi connectivity index (χ0n) is 8.68. The van der Waals surface area contributed by atoms with E-state index < -0.39 is 4.92 Å². The SMILES string of the molecule is O=C(c1[nH]ncc1[N+](=O)[O-])N1CCCCC1. The number of nitrogens with zero attached hydrogens (tertiary/aromatic N) is 3. The summed E-state index contributed by atoms with van der Waals surface area (Å²) in [7, 11) is 0. The summed E-state index contributed by atoms with van der Waals surface area (Å²) < 4.78 is 0. The lowest BCUT2D eigenvalue weighted by Crippen LogP contribution is -2.36. The molecule has 1 aliphatic heterocycles. The van der Waals surface area contributed by atoms with Crippen molar-refractivity contribution in [2.24, 2.45) is 0 Å². The van der Waals surface area contributed by atoms with E-state index in [1.54, 1.807) is 4.90 Å². The number of rotatable bonds is 2. The van der Waals surface area contributed by atoms with Crippen LogP contribution in [0.15, 0.2) is 6.20 Å². The standard InChI is InChI=1S/C9H12N4O3/c14-9(12-4-2-1-3-5-12)8-7(13(15)16)6-10-11-8/h6H,1-5H2,(H,10,11). The van der Waals surface area contributed by atoms with E-state index in [0.717, 1.165) is 25.5 Å². The molecule has 0 bridgehead atoms. The van der Waals surface area contributed by atoms with Crippen LogP contribution in [-0.4, -0.2) is 39.0 Å². The van der Waals surface area contributed by atoms with Gasteiger partial charge < -0.3 is 4.90 Å². The number of likely N-dealkylation sites (tertiary alicyclic amines) is 1. The third kappa shape index (κ3) is 1.88. The molecule has 1 N–H and O–H groups in total. The minimum Gasteiger partial charge on any atom is -0.337 e. The van der Waals surface area contributed by atoms with Crippen LogP contribution in [0.5, 0.6) is 0 Å². The molecule has 0 aliphatic carbocycles. The highest BCUT2D eigenvalue weighted by molar-refractivity contribution is 5.96. The first-order valence-electron chi connectivity index (χ1n) is 5.17. The van der Waals surface area contributed by atoms with Crippen molar-refractivity contribution in [3.63, 3.8) is 0 Å². The van der Waals surface area contributed by atoms with Crippen molar-refractivity contribution < 1.29 is 9.72 Å². The van der Waals surface area contributed by atoms with E-state index in [4.69, 9.17) is 0 Å². The molecule has 7 heteroatoms. The van der Waals surface area contributed by atoms with Crippen LogP contribution in [0, 0.1) is 10.1 Å². The lowest BCUT2D eigenvalue weighted by atomic mass is 10.1. The maximum absolute atomic E-state index is 11.9. The van der Waals surface area contributed by atoms with Gasteiger partial charge in [-0.1, -0.05) is 0 Å². The molecule has 2 heterocycles. The highest BCUT2D eigenvalue weighted by Gasteiger charge is 2.27. The third-order valence-electron chi connectivity index (χ3n) is 2.67. The van der Waals surface area contributed by atoms with E-state index in [9.17, 15) is 14.9 Å². The van der Waals surface area contributed by atoms with Crippen LogP contribution >= 0.6 is 0 Å². The average Bonchev–Trinajstić information content (AvgIpc) is 2.78. The van der Waals surface area contributed by atoms with Crippen molar-refractivity contribution in [1.82, 2.24) is 15.1 Å². The number of hydrogen-bond donors (Lipinski definition) is 1. The first kappa shape index (κ1) is 10.6. The van der Waals surface area contributed by atoms with Gasteiger partial charge in [0.2, 0.25) is 5.69 Å². The molecule has 86 valence electrons. The molecule has 1 aromatic rings. The van der Waals surface area contributed by atoms with Gasteiger partial charge >= 0.3 is 5.69 Å². The van der Waals surface area contributed by atoms with Gasteiger partial charge in [-0.15, -0.1) is 0 Å². The molecule has 0 saturated carbocycles. The predicted octanol–water partition coefficient (Wildman–Crippen LogP) is 0.944. The number of carbonyl (C=O) groups excluding carboxylic acids is 1. The Hall–Kier alpha value is -1.92. The van der Waals surface area contributed by atoms with Crippen molar-refractivity contribution in [2.45, 2.75) is 19.3 Å². The molecule has 0 spiro atoms. The van der Waals surface area contributed by atoms with Crippen LogP contribution in [0.25, 0.3) is 0 Å². The Bertz CT molecular complexity index is 409. The Kier molecular flexibility index (Phi) is 2.84. The van der Waals surface area contributed by atoms with E-state index in [2.05, 4.69) is 10.2 Å². The predicted molar refractivity (Wildman–Crippen MR) is 55.0 cm³/mol. The molecular weight excluding hydrogens is 212 g/mol. The maximum atomic E-state index is 11.9. The van der Waals surface area contributed by atoms with Crippen LogP contribution in [-0.2, 0) is 0 Å². The molecule has 16 heavy (non-hydrogen) atoms. The number of aromatic nitrogens is 2. The molecule has 0 aromatic carbocycles. The Balaban J connectivity index is 2.19. The van der Waals surface area contributed by atoms with Gasteiger partial charge in [-0.05, 0) is 19.3 Å². The number of nitrogens with one attached hydrogen (secondary N) is 1. The van der Waals surface area contributed by atoms with Crippen LogP contribution < -0.4 is 0 Å². The average molecular weight is 224 g/mol. The summed E-state index contributed by atoms with van der Waals surface area (Å²) in [6, 6.07) is 0. The lowest BCUT2D eigenvalue weighted by Gasteiger charge is -2.25. The molecule has 1 aromatic heterocycles. The second kappa shape index (κ2) is 4.30. The number of amides is 1. The van der Waals surface area contributed by atoms with Crippen LogP contribution in [0.4, 0.5) is 5.69 Å². The summed E-state index contributed by atoms with van der Waals surface area (Å²) >= 11 is 0. The molecule has 1 aliphatic rings. The van der Waals surface area contributed by atoms with Crippen molar-refractivity contribution >= 4 is 11.6 Å². The number of hydrogen-bond acceptors (Lipinski definition) is 4. The third-order valence-corrected chi connectivity index (χ3v) is 2.67. The number of carbonyl (C=O) groups is 1. The maximum Gasteiger partial charge on any atom is 0.319 e. The molecule has 0 radical (unpaired) electrons. The highest BCUT2D eigenvalue weighted by atomic mass is 16.6. The largest absolute Gasteiger partial charge is 0.337 e. The second-order valence-corrected chi connectivity index (χ2v) is 3.74. The van der Waals surface area contributed by atoms with Gasteiger partial charge in [0, 0.05) is 13.1 Å². The zero-order valence-corrected chi connectivity index (χ0v) is 8.68. The van der Waals surface area contributed by atoms with Crippen LogP contribution in [0.1, 0.15) is 29.8 Å². The van der Waals surface area contributed by atoms with Gasteiger partial charge in [0.1, 0.15) is 6.20 Å². The Morgan fingerprint density at radius 2 is 2.12 bits per heavy atom. The first-order valence-corrected chi connectivity index (χ1v) is 5.17. The quantitative estimate of drug-likeness (QED) is 0.597. The van der Waals surface area contributed by atoms with Gasteiger partial charge in [0.25, 0.3) is 5.91 Å². The summed E-state index contributed by atoms with van der Waals surface area (Å²) in [4.78, 5) is 23.6. The molecule has 7 nitrogen and oxygen atoms in total. The summed E-state index contributed by atoms with van der Waals surface area (Å²) in [6.07, 6.45) is 4.08. The molecule has 1 saturated heterocycles. The topological polar surface area (TPSA) is 92.1 Å². The van der Waals surface area contributed by atoms with Crippen LogP contribution in [0.2, 0.25) is 0 Å². The van der Waals surface area contributed by atoms with E-state index >= 15 is 0 Å². The summed E-state index contributed by atoms with van der Waals surface area (Å²) in [5, 5.41) is 16.6. The Labute approximate surface area is 91.6 Å². The van der Waals surface area contributed by atoms with Crippen molar-refractivity contribution in [3.8, 4) is 0 Å². The molecule has 1 amide bonds. The smallest absolute Gasteiger partial charge is 0.319 e. The lowest BCUT2D eigenvalue weighted by molar-refractivity contribution is -0.385. The Morgan fingerprint density at radius 1 is 1.44 bits per heavy atom. The fourth-order valence-corrected chi connectivity index (χ4v) is 1.83. The summed E-state index contributed by atoms with van der Waals surface area (Å²) in [5.41, 5.74) is -0.275. The van der Waals surface area contributed by atoms with Gasteiger partial charge in [0.15, 0.2) is 0 Å². The minimum atomic E-state index is -0.597. The van der Waals surface area contributed by atoms with Crippen LogP contribution in [0.3, 0.4) is 0 Å². The first-order chi connectivity index (χ1) is 7.70. The fraction of sp³-hybridized carbons (Fsp3) is 0.556. The Morgan fingerprint density at radius 3 is 2.75 bits per heavy atom. The van der Waals surface area contributed by atoms with Gasteiger partial charge in [0.05, 0.1) is 4.92 Å². The summed E-state index contributed by atoms with van der Waals surface area (Å²) in [6.45, 7) is 1.32. The van der Waals surface area contributed by atoms with Crippen molar-refractivity contribution in [1.29, 1.82) is 0 Å². The second-order valence-electron chi connectivity index (χ2n) is 3.74. The van der Waals surface area contributed by atoms with E-state index in [1.165, 1.54) is 0 Å². The molecule has 1 fully saturated rings. The monoisotopic (exact) mass is 224 g/mol. The number of piperidine rings is 1. The molecule has 0 unspecified atom stereocenters. The summed E-state index contributed by atoms with van der Waals surface area (Å²) in [5.74, 6) is -0.330. The van der Waals surface area contributed by atoms with E-state index in [0.29, 0.717) is 13.1 Å². The zero-order chi connectivity index (χ0) is 11.5. The highest BCUT2D eigenvalue weighted by Crippen LogP contribution is 2.19. The molecular formula is C9H12N4O3. The number of nitro groups is 1. The number of H-pyrrole nitrogens is 1.